The van der Waals surface area contributed by atoms with Crippen LogP contribution in [0.1, 0.15) is 18.4 Å². The SMILES string of the molecule is NCc1ccc(Cl)cc1N1CCCC(O)C1. The second-order valence-corrected chi connectivity index (χ2v) is 4.66. The number of rotatable bonds is 2. The number of anilines is 1. The molecule has 1 aromatic rings. The molecule has 3 N–H and O–H groups in total. The minimum atomic E-state index is -0.238. The number of benzene rings is 1. The summed E-state index contributed by atoms with van der Waals surface area (Å²) in [5.74, 6) is 0. The maximum absolute atomic E-state index is 9.67. The second-order valence-electron chi connectivity index (χ2n) is 4.22. The van der Waals surface area contributed by atoms with E-state index in [1.165, 1.54) is 0 Å². The van der Waals surface area contributed by atoms with Crippen molar-refractivity contribution in [2.75, 3.05) is 18.0 Å². The highest BCUT2D eigenvalue weighted by Gasteiger charge is 2.19. The number of β-amino-alcohol motifs (C(OH)–C–C–N with tert-alkyl or cyclic N) is 1. The Morgan fingerprint density at radius 3 is 3.00 bits per heavy atom. The van der Waals surface area contributed by atoms with E-state index in [0.29, 0.717) is 18.1 Å². The summed E-state index contributed by atoms with van der Waals surface area (Å²) < 4.78 is 0. The van der Waals surface area contributed by atoms with Gasteiger partial charge in [0.1, 0.15) is 0 Å². The lowest BCUT2D eigenvalue weighted by Gasteiger charge is -2.33. The molecule has 0 bridgehead atoms. The van der Waals surface area contributed by atoms with Crippen LogP contribution >= 0.6 is 11.6 Å². The molecular weight excluding hydrogens is 224 g/mol. The Morgan fingerprint density at radius 1 is 1.50 bits per heavy atom. The van der Waals surface area contributed by atoms with Crippen LogP contribution in [0.5, 0.6) is 0 Å². The molecule has 0 aliphatic carbocycles. The number of nitrogens with two attached hydrogens (primary N) is 1. The first-order valence-electron chi connectivity index (χ1n) is 5.62. The normalized spacial score (nSPS) is 21.2. The highest BCUT2D eigenvalue weighted by molar-refractivity contribution is 6.30. The van der Waals surface area contributed by atoms with Gasteiger partial charge in [-0.1, -0.05) is 17.7 Å². The third-order valence-electron chi connectivity index (χ3n) is 3.00. The molecule has 1 atom stereocenters. The summed E-state index contributed by atoms with van der Waals surface area (Å²) in [4.78, 5) is 2.17. The summed E-state index contributed by atoms with van der Waals surface area (Å²) in [5.41, 5.74) is 7.86. The maximum Gasteiger partial charge on any atom is 0.0715 e. The Morgan fingerprint density at radius 2 is 2.31 bits per heavy atom. The van der Waals surface area contributed by atoms with E-state index in [9.17, 15) is 5.11 Å². The zero-order valence-electron chi connectivity index (χ0n) is 9.19. The Labute approximate surface area is 101 Å². The predicted octanol–water partition coefficient (Wildman–Crippen LogP) is 1.76. The lowest BCUT2D eigenvalue weighted by atomic mass is 10.1. The minimum Gasteiger partial charge on any atom is -0.391 e. The highest BCUT2D eigenvalue weighted by Crippen LogP contribution is 2.27. The summed E-state index contributed by atoms with van der Waals surface area (Å²) in [6.07, 6.45) is 1.66. The first-order chi connectivity index (χ1) is 7.70. The van der Waals surface area contributed by atoms with Gasteiger partial charge in [0.2, 0.25) is 0 Å². The van der Waals surface area contributed by atoms with Gasteiger partial charge in [-0.05, 0) is 30.5 Å². The van der Waals surface area contributed by atoms with Crippen molar-refractivity contribution in [2.24, 2.45) is 5.73 Å². The van der Waals surface area contributed by atoms with Gasteiger partial charge < -0.3 is 15.7 Å². The van der Waals surface area contributed by atoms with E-state index in [1.807, 2.05) is 18.2 Å². The van der Waals surface area contributed by atoms with Gasteiger partial charge >= 0.3 is 0 Å². The van der Waals surface area contributed by atoms with Crippen molar-refractivity contribution >= 4 is 17.3 Å². The third kappa shape index (κ3) is 2.48. The Bertz CT molecular complexity index is 370. The topological polar surface area (TPSA) is 49.5 Å². The number of hydrogen-bond acceptors (Lipinski definition) is 3. The van der Waals surface area contributed by atoms with Crippen molar-refractivity contribution in [3.05, 3.63) is 28.8 Å². The van der Waals surface area contributed by atoms with Gasteiger partial charge in [0.15, 0.2) is 0 Å². The van der Waals surface area contributed by atoms with Crippen LogP contribution in [-0.2, 0) is 6.54 Å². The van der Waals surface area contributed by atoms with Crippen LogP contribution in [0.15, 0.2) is 18.2 Å². The molecule has 1 unspecified atom stereocenters. The molecule has 0 saturated carbocycles. The van der Waals surface area contributed by atoms with E-state index in [2.05, 4.69) is 4.90 Å². The van der Waals surface area contributed by atoms with Gasteiger partial charge in [0.25, 0.3) is 0 Å². The average molecular weight is 241 g/mol. The van der Waals surface area contributed by atoms with Crippen molar-refractivity contribution in [2.45, 2.75) is 25.5 Å². The summed E-state index contributed by atoms with van der Waals surface area (Å²) in [6, 6.07) is 5.74. The molecule has 3 nitrogen and oxygen atoms in total. The second kappa shape index (κ2) is 5.04. The number of nitrogens with zero attached hydrogens (tertiary/aromatic N) is 1. The van der Waals surface area contributed by atoms with Crippen molar-refractivity contribution < 1.29 is 5.11 Å². The van der Waals surface area contributed by atoms with Crippen LogP contribution in [0.4, 0.5) is 5.69 Å². The lowest BCUT2D eigenvalue weighted by Crippen LogP contribution is -2.38. The van der Waals surface area contributed by atoms with E-state index >= 15 is 0 Å². The van der Waals surface area contributed by atoms with E-state index in [4.69, 9.17) is 17.3 Å². The summed E-state index contributed by atoms with van der Waals surface area (Å²) in [5, 5.41) is 10.4. The third-order valence-corrected chi connectivity index (χ3v) is 3.24. The van der Waals surface area contributed by atoms with Crippen LogP contribution in [0.25, 0.3) is 0 Å². The van der Waals surface area contributed by atoms with Gasteiger partial charge in [-0.3, -0.25) is 0 Å². The average Bonchev–Trinajstić information content (AvgIpc) is 2.29. The molecule has 4 heteroatoms. The highest BCUT2D eigenvalue weighted by atomic mass is 35.5. The molecule has 1 aromatic carbocycles. The number of aliphatic hydroxyl groups is 1. The van der Waals surface area contributed by atoms with E-state index in [0.717, 1.165) is 30.6 Å². The number of hydrogen-bond donors (Lipinski definition) is 2. The Kier molecular flexibility index (Phi) is 3.69. The zero-order valence-corrected chi connectivity index (χ0v) is 9.95. The van der Waals surface area contributed by atoms with Crippen LogP contribution in [0, 0.1) is 0 Å². The first kappa shape index (κ1) is 11.7. The first-order valence-corrected chi connectivity index (χ1v) is 6.00. The minimum absolute atomic E-state index is 0.238. The number of halogens is 1. The van der Waals surface area contributed by atoms with E-state index in [-0.39, 0.29) is 6.10 Å². The zero-order chi connectivity index (χ0) is 11.5. The van der Waals surface area contributed by atoms with Crippen LogP contribution in [0.3, 0.4) is 0 Å². The van der Waals surface area contributed by atoms with Crippen LogP contribution in [0.2, 0.25) is 5.02 Å². The molecule has 0 aromatic heterocycles. The molecule has 1 saturated heterocycles. The van der Waals surface area contributed by atoms with Gasteiger partial charge in [-0.25, -0.2) is 0 Å². The van der Waals surface area contributed by atoms with E-state index < -0.39 is 0 Å². The molecule has 2 rings (SSSR count). The molecule has 88 valence electrons. The van der Waals surface area contributed by atoms with Crippen LogP contribution < -0.4 is 10.6 Å². The predicted molar refractivity (Wildman–Crippen MR) is 66.8 cm³/mol. The smallest absolute Gasteiger partial charge is 0.0715 e. The fourth-order valence-corrected chi connectivity index (χ4v) is 2.34. The summed E-state index contributed by atoms with van der Waals surface area (Å²) in [6.45, 7) is 2.14. The van der Waals surface area contributed by atoms with Gasteiger partial charge in [-0.15, -0.1) is 0 Å². The van der Waals surface area contributed by atoms with Crippen molar-refractivity contribution in [1.82, 2.24) is 0 Å². The van der Waals surface area contributed by atoms with E-state index in [1.54, 1.807) is 0 Å². The summed E-state index contributed by atoms with van der Waals surface area (Å²) in [7, 11) is 0. The lowest BCUT2D eigenvalue weighted by molar-refractivity contribution is 0.154. The largest absolute Gasteiger partial charge is 0.391 e. The quantitative estimate of drug-likeness (QED) is 0.828. The Balaban J connectivity index is 2.26. The molecule has 1 aliphatic heterocycles. The number of piperidine rings is 1. The molecule has 1 fully saturated rings. The molecule has 16 heavy (non-hydrogen) atoms. The molecule has 0 spiro atoms. The van der Waals surface area contributed by atoms with Crippen molar-refractivity contribution in [3.8, 4) is 0 Å². The van der Waals surface area contributed by atoms with Gasteiger partial charge in [0, 0.05) is 30.3 Å². The summed E-state index contributed by atoms with van der Waals surface area (Å²) >= 11 is 6.00. The molecule has 1 heterocycles. The standard InChI is InChI=1S/C12H17ClN2O/c13-10-4-3-9(7-14)12(6-10)15-5-1-2-11(16)8-15/h3-4,6,11,16H,1-2,5,7-8,14H2. The molecular formula is C12H17ClN2O. The van der Waals surface area contributed by atoms with Crippen molar-refractivity contribution in [1.29, 1.82) is 0 Å². The fraction of sp³-hybridized carbons (Fsp3) is 0.500. The Hall–Kier alpha value is -0.770. The van der Waals surface area contributed by atoms with Crippen molar-refractivity contribution in [3.63, 3.8) is 0 Å². The monoisotopic (exact) mass is 240 g/mol. The van der Waals surface area contributed by atoms with Crippen LogP contribution in [-0.4, -0.2) is 24.3 Å². The van der Waals surface area contributed by atoms with Gasteiger partial charge in [-0.2, -0.15) is 0 Å². The fourth-order valence-electron chi connectivity index (χ4n) is 2.18. The molecule has 1 aliphatic rings. The van der Waals surface area contributed by atoms with Gasteiger partial charge in [0.05, 0.1) is 6.10 Å². The molecule has 0 radical (unpaired) electrons. The molecule has 0 amide bonds. The number of aliphatic hydroxyl groups excluding tert-OH is 1. The maximum atomic E-state index is 9.67.